The average molecular weight is 394 g/mol. The van der Waals surface area contributed by atoms with Gasteiger partial charge in [0.2, 0.25) is 0 Å². The molecule has 2 aromatic rings. The third-order valence-electron chi connectivity index (χ3n) is 6.65. The van der Waals surface area contributed by atoms with Crippen molar-refractivity contribution >= 4 is 11.7 Å². The molecule has 1 aromatic heterocycles. The lowest BCUT2D eigenvalue weighted by molar-refractivity contribution is 0.0694. The largest absolute Gasteiger partial charge is 0.491 e. The smallest absolute Gasteiger partial charge is 0.341 e. The first-order valence-corrected chi connectivity index (χ1v) is 10.5. The van der Waals surface area contributed by atoms with Gasteiger partial charge in [-0.05, 0) is 36.8 Å². The molecule has 1 N–H and O–H groups in total. The van der Waals surface area contributed by atoms with Gasteiger partial charge in [-0.1, -0.05) is 13.8 Å². The molecular weight excluding hydrogens is 368 g/mol. The maximum absolute atomic E-state index is 12.6. The van der Waals surface area contributed by atoms with Crippen LogP contribution in [0.2, 0.25) is 0 Å². The third kappa shape index (κ3) is 2.76. The molecule has 0 bridgehead atoms. The SMILES string of the molecule is CC(C)[C@@H]1Cc2c(cc(N3CCCC3)c3c2CCO3)-c2cc(=O)c(C(=O)O)cn21. The fourth-order valence-electron chi connectivity index (χ4n) is 5.14. The second kappa shape index (κ2) is 6.65. The van der Waals surface area contributed by atoms with Crippen LogP contribution in [0.4, 0.5) is 5.69 Å². The minimum Gasteiger partial charge on any atom is -0.491 e. The van der Waals surface area contributed by atoms with Crippen LogP contribution in [0.15, 0.2) is 23.1 Å². The van der Waals surface area contributed by atoms with Crippen LogP contribution < -0.4 is 15.1 Å². The molecule has 0 spiro atoms. The highest BCUT2D eigenvalue weighted by molar-refractivity contribution is 5.88. The molecule has 29 heavy (non-hydrogen) atoms. The molecule has 1 atom stereocenters. The molecule has 3 aliphatic rings. The van der Waals surface area contributed by atoms with Gasteiger partial charge in [0.15, 0.2) is 5.43 Å². The Hall–Kier alpha value is -2.76. The molecular formula is C23H26N2O4. The second-order valence-electron chi connectivity index (χ2n) is 8.69. The first kappa shape index (κ1) is 18.3. The normalized spacial score (nSPS) is 19.7. The van der Waals surface area contributed by atoms with Crippen molar-refractivity contribution < 1.29 is 14.6 Å². The average Bonchev–Trinajstić information content (AvgIpc) is 3.38. The van der Waals surface area contributed by atoms with Gasteiger partial charge in [-0.25, -0.2) is 4.79 Å². The van der Waals surface area contributed by atoms with Gasteiger partial charge in [0.05, 0.1) is 18.0 Å². The zero-order chi connectivity index (χ0) is 20.3. The van der Waals surface area contributed by atoms with E-state index in [1.807, 2.05) is 4.57 Å². The Morgan fingerprint density at radius 2 is 1.97 bits per heavy atom. The number of hydrogen-bond acceptors (Lipinski definition) is 4. The summed E-state index contributed by atoms with van der Waals surface area (Å²) in [4.78, 5) is 26.5. The summed E-state index contributed by atoms with van der Waals surface area (Å²) in [5.74, 6) is 0.159. The van der Waals surface area contributed by atoms with Gasteiger partial charge in [0.25, 0.3) is 0 Å². The number of hydrogen-bond donors (Lipinski definition) is 1. The number of carboxylic acids is 1. The van der Waals surface area contributed by atoms with Crippen molar-refractivity contribution in [3.05, 3.63) is 45.2 Å². The van der Waals surface area contributed by atoms with Gasteiger partial charge < -0.3 is 19.3 Å². The molecule has 3 aliphatic heterocycles. The summed E-state index contributed by atoms with van der Waals surface area (Å²) in [7, 11) is 0. The van der Waals surface area contributed by atoms with E-state index in [0.717, 1.165) is 48.6 Å². The first-order valence-electron chi connectivity index (χ1n) is 10.5. The Kier molecular flexibility index (Phi) is 4.19. The lowest BCUT2D eigenvalue weighted by Gasteiger charge is -2.35. The second-order valence-corrected chi connectivity index (χ2v) is 8.69. The molecule has 0 amide bonds. The number of ether oxygens (including phenoxy) is 1. The highest BCUT2D eigenvalue weighted by Gasteiger charge is 2.34. The fraction of sp³-hybridized carbons (Fsp3) is 0.478. The maximum Gasteiger partial charge on any atom is 0.341 e. The predicted octanol–water partition coefficient (Wildman–Crippen LogP) is 3.50. The number of anilines is 1. The molecule has 1 aromatic carbocycles. The van der Waals surface area contributed by atoms with Crippen LogP contribution in [0, 0.1) is 5.92 Å². The number of fused-ring (bicyclic) bond motifs is 5. The molecule has 0 radical (unpaired) electrons. The fourth-order valence-corrected chi connectivity index (χ4v) is 5.14. The minimum atomic E-state index is -1.17. The van der Waals surface area contributed by atoms with Gasteiger partial charge in [0, 0.05) is 48.9 Å². The number of benzene rings is 1. The zero-order valence-corrected chi connectivity index (χ0v) is 16.9. The van der Waals surface area contributed by atoms with Crippen molar-refractivity contribution in [2.24, 2.45) is 5.92 Å². The van der Waals surface area contributed by atoms with E-state index >= 15 is 0 Å². The van der Waals surface area contributed by atoms with Crippen molar-refractivity contribution in [1.82, 2.24) is 4.57 Å². The molecule has 1 fully saturated rings. The van der Waals surface area contributed by atoms with E-state index in [9.17, 15) is 14.7 Å². The van der Waals surface area contributed by atoms with E-state index in [1.165, 1.54) is 30.0 Å². The van der Waals surface area contributed by atoms with E-state index in [4.69, 9.17) is 4.74 Å². The van der Waals surface area contributed by atoms with E-state index in [0.29, 0.717) is 12.5 Å². The summed E-state index contributed by atoms with van der Waals surface area (Å²) in [6.45, 7) is 7.03. The molecule has 0 unspecified atom stereocenters. The molecule has 0 aliphatic carbocycles. The molecule has 152 valence electrons. The van der Waals surface area contributed by atoms with E-state index in [2.05, 4.69) is 24.8 Å². The van der Waals surface area contributed by atoms with Crippen molar-refractivity contribution in [3.63, 3.8) is 0 Å². The van der Waals surface area contributed by atoms with Crippen molar-refractivity contribution in [2.45, 2.75) is 45.6 Å². The van der Waals surface area contributed by atoms with Crippen molar-refractivity contribution in [2.75, 3.05) is 24.6 Å². The number of nitrogens with zero attached hydrogens (tertiary/aromatic N) is 2. The number of aromatic nitrogens is 1. The standard InChI is InChI=1S/C23H26N2O4/c1-13(2)18-9-15-14-5-8-29-22(14)20(24-6-3-4-7-24)10-16(15)19-11-21(26)17(23(27)28)12-25(18)19/h10-13,18H,3-9H2,1-2H3,(H,27,28)/t18-/m0/s1. The molecule has 4 heterocycles. The highest BCUT2D eigenvalue weighted by atomic mass is 16.5. The summed E-state index contributed by atoms with van der Waals surface area (Å²) in [6.07, 6.45) is 5.63. The Balaban J connectivity index is 1.78. The summed E-state index contributed by atoms with van der Waals surface area (Å²) >= 11 is 0. The van der Waals surface area contributed by atoms with Gasteiger partial charge in [-0.2, -0.15) is 0 Å². The van der Waals surface area contributed by atoms with E-state index in [-0.39, 0.29) is 11.6 Å². The summed E-state index contributed by atoms with van der Waals surface area (Å²) in [5.41, 5.74) is 4.96. The van der Waals surface area contributed by atoms with Gasteiger partial charge in [-0.15, -0.1) is 0 Å². The highest BCUT2D eigenvalue weighted by Crippen LogP contribution is 2.48. The zero-order valence-electron chi connectivity index (χ0n) is 16.9. The quantitative estimate of drug-likeness (QED) is 0.863. The molecule has 1 saturated heterocycles. The summed E-state index contributed by atoms with van der Waals surface area (Å²) < 4.78 is 8.10. The van der Waals surface area contributed by atoms with E-state index < -0.39 is 11.4 Å². The monoisotopic (exact) mass is 394 g/mol. The Morgan fingerprint density at radius 1 is 1.21 bits per heavy atom. The first-order chi connectivity index (χ1) is 14.0. The molecule has 6 heteroatoms. The van der Waals surface area contributed by atoms with Crippen LogP contribution in [-0.4, -0.2) is 35.3 Å². The van der Waals surface area contributed by atoms with Crippen LogP contribution >= 0.6 is 0 Å². The number of carboxylic acid groups (broad SMARTS) is 1. The molecule has 6 nitrogen and oxygen atoms in total. The van der Waals surface area contributed by atoms with Crippen LogP contribution in [0.5, 0.6) is 5.75 Å². The summed E-state index contributed by atoms with van der Waals surface area (Å²) in [5, 5.41) is 9.47. The number of pyridine rings is 1. The number of carbonyl (C=O) groups is 1. The van der Waals surface area contributed by atoms with Gasteiger partial charge >= 0.3 is 5.97 Å². The molecule has 0 saturated carbocycles. The maximum atomic E-state index is 12.6. The van der Waals surface area contributed by atoms with Crippen LogP contribution in [0.1, 0.15) is 54.2 Å². The predicted molar refractivity (Wildman–Crippen MR) is 111 cm³/mol. The van der Waals surface area contributed by atoms with Crippen molar-refractivity contribution in [1.29, 1.82) is 0 Å². The minimum absolute atomic E-state index is 0.110. The van der Waals surface area contributed by atoms with Gasteiger partial charge in [-0.3, -0.25) is 4.79 Å². The third-order valence-corrected chi connectivity index (χ3v) is 6.65. The number of aromatic carboxylic acids is 1. The van der Waals surface area contributed by atoms with Crippen molar-refractivity contribution in [3.8, 4) is 17.0 Å². The van der Waals surface area contributed by atoms with E-state index in [1.54, 1.807) is 6.20 Å². The topological polar surface area (TPSA) is 71.8 Å². The van der Waals surface area contributed by atoms with Crippen LogP contribution in [0.25, 0.3) is 11.3 Å². The number of rotatable bonds is 3. The van der Waals surface area contributed by atoms with Crippen LogP contribution in [0.3, 0.4) is 0 Å². The lowest BCUT2D eigenvalue weighted by Crippen LogP contribution is -2.29. The summed E-state index contributed by atoms with van der Waals surface area (Å²) in [6, 6.07) is 3.80. The van der Waals surface area contributed by atoms with Gasteiger partial charge in [0.1, 0.15) is 11.3 Å². The Labute approximate surface area is 169 Å². The Morgan fingerprint density at radius 3 is 2.66 bits per heavy atom. The lowest BCUT2D eigenvalue weighted by atomic mass is 9.83. The molecule has 5 rings (SSSR count). The Bertz CT molecular complexity index is 1060. The van der Waals surface area contributed by atoms with Crippen LogP contribution in [-0.2, 0) is 12.8 Å².